The van der Waals surface area contributed by atoms with Gasteiger partial charge < -0.3 is 13.3 Å². The van der Waals surface area contributed by atoms with Gasteiger partial charge in [0.1, 0.15) is 16.2 Å². The third-order valence-corrected chi connectivity index (χ3v) is 13.9. The van der Waals surface area contributed by atoms with Gasteiger partial charge in [0.25, 0.3) is 0 Å². The third kappa shape index (κ3) is 6.98. The lowest BCUT2D eigenvalue weighted by Crippen LogP contribution is -2.51. The highest BCUT2D eigenvalue weighted by molar-refractivity contribution is 7.87. The minimum atomic E-state index is -4.04. The van der Waals surface area contributed by atoms with Crippen LogP contribution in [0.15, 0.2) is 66.1 Å². The number of ether oxygens (including phenoxy) is 1. The lowest BCUT2D eigenvalue weighted by molar-refractivity contribution is -0.136. The smallest absolute Gasteiger partial charge is 0.417 e. The van der Waals surface area contributed by atoms with E-state index in [4.69, 9.17) is 13.3 Å². The Morgan fingerprint density at radius 2 is 1.62 bits per heavy atom. The van der Waals surface area contributed by atoms with Gasteiger partial charge in [-0.3, -0.25) is 4.79 Å². The molecule has 230 valence electrons. The second kappa shape index (κ2) is 12.0. The fourth-order valence-electron chi connectivity index (χ4n) is 5.04. The largest absolute Gasteiger partial charge is 0.441 e. The van der Waals surface area contributed by atoms with Gasteiger partial charge in [-0.1, -0.05) is 70.5 Å². The number of hydrogen-bond donors (Lipinski definition) is 0. The second-order valence-electron chi connectivity index (χ2n) is 13.3. The molecule has 0 bridgehead atoms. The Kier molecular flexibility index (Phi) is 9.56. The van der Waals surface area contributed by atoms with Crippen LogP contribution in [0.4, 0.5) is 4.79 Å². The molecule has 3 atom stereocenters. The van der Waals surface area contributed by atoms with Crippen molar-refractivity contribution in [3.8, 4) is 5.75 Å². The summed E-state index contributed by atoms with van der Waals surface area (Å²) in [6, 6.07) is 12.4. The maximum atomic E-state index is 14.2. The van der Waals surface area contributed by atoms with E-state index in [9.17, 15) is 18.0 Å². The van der Waals surface area contributed by atoms with Crippen molar-refractivity contribution in [1.29, 1.82) is 0 Å². The number of carbonyl (C=O) groups is 2. The first kappa shape index (κ1) is 33.5. The number of aryl methyl sites for hydroxylation is 1. The molecule has 1 aliphatic rings. The number of benzene rings is 2. The quantitative estimate of drug-likeness (QED) is 0.156. The second-order valence-corrected chi connectivity index (χ2v) is 19.7. The van der Waals surface area contributed by atoms with Crippen molar-refractivity contribution in [2.24, 2.45) is 11.8 Å². The van der Waals surface area contributed by atoms with E-state index in [0.717, 1.165) is 5.56 Å². The zero-order valence-corrected chi connectivity index (χ0v) is 28.2. The predicted molar refractivity (Wildman–Crippen MR) is 166 cm³/mol. The lowest BCUT2D eigenvalue weighted by atomic mass is 9.87. The molecular formula is C32H45NO7SSi. The molecule has 42 heavy (non-hydrogen) atoms. The summed E-state index contributed by atoms with van der Waals surface area (Å²) in [5, 5.41) is -0.180. The molecule has 0 unspecified atom stereocenters. The fraction of sp³-hybridized carbons (Fsp3) is 0.500. The number of rotatable bonds is 10. The minimum absolute atomic E-state index is 0.0486. The lowest BCUT2D eigenvalue weighted by Gasteiger charge is -2.41. The summed E-state index contributed by atoms with van der Waals surface area (Å²) < 4.78 is 43.5. The maximum absolute atomic E-state index is 14.2. The fourth-order valence-corrected chi connectivity index (χ4v) is 7.24. The zero-order valence-electron chi connectivity index (χ0n) is 26.4. The van der Waals surface area contributed by atoms with Gasteiger partial charge >= 0.3 is 16.2 Å². The van der Waals surface area contributed by atoms with Crippen LogP contribution >= 0.6 is 0 Å². The van der Waals surface area contributed by atoms with Crippen LogP contribution in [0.25, 0.3) is 0 Å². The molecule has 3 rings (SSSR count). The maximum Gasteiger partial charge on any atom is 0.417 e. The van der Waals surface area contributed by atoms with Crippen molar-refractivity contribution >= 4 is 30.4 Å². The first-order chi connectivity index (χ1) is 19.2. The number of nitrogens with zero attached hydrogens (tertiary/aromatic N) is 1. The summed E-state index contributed by atoms with van der Waals surface area (Å²) in [5.74, 6) is -1.29. The SMILES string of the molecule is C=C[C@H](C(=O)N1C(=O)OC(C)(C)[C@@H]1C(C)C)[C@H](O[Si](C)(C)C(C)(C)C)c1ccc(OS(=O)(=O)c2ccc(C)cc2)cc1. The molecule has 8 nitrogen and oxygen atoms in total. The molecule has 0 N–H and O–H groups in total. The van der Waals surface area contributed by atoms with Crippen molar-refractivity contribution in [2.45, 2.75) is 96.2 Å². The topological polar surface area (TPSA) is 99.2 Å². The molecule has 2 amide bonds. The molecule has 0 aliphatic carbocycles. The molecule has 10 heteroatoms. The van der Waals surface area contributed by atoms with Gasteiger partial charge in [0, 0.05) is 0 Å². The van der Waals surface area contributed by atoms with Gasteiger partial charge in [-0.05, 0) is 74.7 Å². The molecule has 0 saturated carbocycles. The van der Waals surface area contributed by atoms with Gasteiger partial charge in [0.05, 0.1) is 18.1 Å². The van der Waals surface area contributed by atoms with Crippen LogP contribution in [0.5, 0.6) is 5.75 Å². The molecule has 0 spiro atoms. The first-order valence-corrected chi connectivity index (χ1v) is 18.5. The summed E-state index contributed by atoms with van der Waals surface area (Å²) in [6.45, 7) is 23.8. The molecule has 2 aromatic rings. The number of amides is 2. The van der Waals surface area contributed by atoms with E-state index in [1.807, 2.05) is 20.8 Å². The van der Waals surface area contributed by atoms with Crippen molar-refractivity contribution in [3.05, 3.63) is 72.3 Å². The van der Waals surface area contributed by atoms with Crippen molar-refractivity contribution in [3.63, 3.8) is 0 Å². The Bertz CT molecular complexity index is 1410. The summed E-state index contributed by atoms with van der Waals surface area (Å²) in [5.41, 5.74) is 0.707. The number of carbonyl (C=O) groups excluding carboxylic acids is 2. The summed E-state index contributed by atoms with van der Waals surface area (Å²) >= 11 is 0. The van der Waals surface area contributed by atoms with Crippen LogP contribution in [0.1, 0.15) is 65.7 Å². The third-order valence-electron chi connectivity index (χ3n) is 8.22. The summed E-state index contributed by atoms with van der Waals surface area (Å²) in [4.78, 5) is 28.4. The standard InChI is InChI=1S/C32H45NO7SSi/c1-12-26(29(34)33-28(21(2)3)32(8,9)38-30(33)35)27(40-42(10,11)31(5,6)7)23-15-17-24(18-16-23)39-41(36,37)25-19-13-22(4)14-20-25/h12-21,26-28H,1H2,2-11H3/t26-,27+,28-/m0/s1. The van der Waals surface area contributed by atoms with Gasteiger partial charge in [0.15, 0.2) is 8.32 Å². The zero-order chi connectivity index (χ0) is 31.8. The molecule has 1 saturated heterocycles. The van der Waals surface area contributed by atoms with E-state index in [0.29, 0.717) is 5.56 Å². The van der Waals surface area contributed by atoms with E-state index >= 15 is 0 Å². The Hall–Kier alpha value is -2.95. The molecule has 0 radical (unpaired) electrons. The van der Waals surface area contributed by atoms with Crippen molar-refractivity contribution < 1.29 is 31.4 Å². The summed E-state index contributed by atoms with van der Waals surface area (Å²) in [7, 11) is -6.50. The van der Waals surface area contributed by atoms with E-state index in [1.54, 1.807) is 38.1 Å². The van der Waals surface area contributed by atoms with Crippen LogP contribution in [0.2, 0.25) is 18.1 Å². The average molecular weight is 616 g/mol. The number of cyclic esters (lactones) is 1. The molecule has 1 fully saturated rings. The van der Waals surface area contributed by atoms with Gasteiger partial charge in [0.2, 0.25) is 5.91 Å². The van der Waals surface area contributed by atoms with Gasteiger partial charge in [-0.2, -0.15) is 8.42 Å². The number of imide groups is 1. The Morgan fingerprint density at radius 1 is 1.07 bits per heavy atom. The number of hydrogen-bond acceptors (Lipinski definition) is 7. The predicted octanol–water partition coefficient (Wildman–Crippen LogP) is 7.41. The van der Waals surface area contributed by atoms with Crippen LogP contribution in [-0.4, -0.2) is 45.3 Å². The minimum Gasteiger partial charge on any atom is -0.441 e. The monoisotopic (exact) mass is 615 g/mol. The molecule has 0 aromatic heterocycles. The highest BCUT2D eigenvalue weighted by Crippen LogP contribution is 2.44. The highest BCUT2D eigenvalue weighted by Gasteiger charge is 2.54. The van der Waals surface area contributed by atoms with E-state index in [2.05, 4.69) is 40.4 Å². The molecule has 2 aromatic carbocycles. The van der Waals surface area contributed by atoms with Crippen LogP contribution < -0.4 is 4.18 Å². The van der Waals surface area contributed by atoms with Crippen LogP contribution in [-0.2, 0) is 24.1 Å². The average Bonchev–Trinajstić information content (AvgIpc) is 3.11. The van der Waals surface area contributed by atoms with E-state index < -0.39 is 54.1 Å². The molecular weight excluding hydrogens is 571 g/mol. The normalized spacial score (nSPS) is 18.9. The van der Waals surface area contributed by atoms with E-state index in [-0.39, 0.29) is 21.6 Å². The van der Waals surface area contributed by atoms with Crippen molar-refractivity contribution in [2.75, 3.05) is 0 Å². The molecule has 1 heterocycles. The molecule has 1 aliphatic heterocycles. The van der Waals surface area contributed by atoms with Crippen LogP contribution in [0.3, 0.4) is 0 Å². The highest BCUT2D eigenvalue weighted by atomic mass is 32.2. The van der Waals surface area contributed by atoms with Crippen molar-refractivity contribution in [1.82, 2.24) is 4.90 Å². The van der Waals surface area contributed by atoms with Gasteiger partial charge in [-0.15, -0.1) is 6.58 Å². The van der Waals surface area contributed by atoms with E-state index in [1.165, 1.54) is 35.2 Å². The summed E-state index contributed by atoms with van der Waals surface area (Å²) in [6.07, 6.45) is 0.0391. The van der Waals surface area contributed by atoms with Gasteiger partial charge in [-0.25, -0.2) is 9.69 Å². The Balaban J connectivity index is 2.02. The first-order valence-electron chi connectivity index (χ1n) is 14.2. The Labute approximate surface area is 252 Å². The van der Waals surface area contributed by atoms with Crippen LogP contribution in [0, 0.1) is 18.8 Å². The Morgan fingerprint density at radius 3 is 2.10 bits per heavy atom.